The van der Waals surface area contributed by atoms with E-state index in [2.05, 4.69) is 0 Å². The predicted octanol–water partition coefficient (Wildman–Crippen LogP) is 4.34. The number of rotatable bonds is 12. The van der Waals surface area contributed by atoms with Gasteiger partial charge in [0.25, 0.3) is 0 Å². The van der Waals surface area contributed by atoms with Crippen LogP contribution in [0.4, 0.5) is 57.1 Å². The van der Waals surface area contributed by atoms with Gasteiger partial charge in [-0.25, -0.2) is 12.7 Å². The number of hydrogen-bond donors (Lipinski definition) is 0. The van der Waals surface area contributed by atoms with Gasteiger partial charge in [-0.2, -0.15) is 57.1 Å². The SMILES string of the molecule is CN(CCC[N+](C)(C)[O-])S(=O)(=O)CCC(F)(F)C(F)(F)C(F)(F)C(F)(F)C(F)(F)C(F)(F)F. The Morgan fingerprint density at radius 2 is 1.15 bits per heavy atom. The average molecular weight is 542 g/mol. The zero-order valence-corrected chi connectivity index (χ0v) is 17.8. The van der Waals surface area contributed by atoms with E-state index in [9.17, 15) is 70.7 Å². The lowest BCUT2D eigenvalue weighted by Crippen LogP contribution is -2.70. The van der Waals surface area contributed by atoms with Gasteiger partial charge in [0.1, 0.15) is 0 Å². The summed E-state index contributed by atoms with van der Waals surface area (Å²) < 4.78 is 192. The van der Waals surface area contributed by atoms with E-state index < -0.39 is 69.2 Å². The van der Waals surface area contributed by atoms with Crippen molar-refractivity contribution in [1.82, 2.24) is 4.31 Å². The molecule has 0 atom stereocenters. The van der Waals surface area contributed by atoms with E-state index in [-0.39, 0.29) is 17.3 Å². The summed E-state index contributed by atoms with van der Waals surface area (Å²) in [6.45, 7) is -0.747. The zero-order chi connectivity index (χ0) is 27.1. The van der Waals surface area contributed by atoms with Crippen LogP contribution in [0.5, 0.6) is 0 Å². The molecule has 33 heavy (non-hydrogen) atoms. The van der Waals surface area contributed by atoms with Gasteiger partial charge in [-0.05, 0) is 0 Å². The van der Waals surface area contributed by atoms with Crippen molar-refractivity contribution in [2.75, 3.05) is 40.0 Å². The first-order valence-corrected chi connectivity index (χ1v) is 10.1. The third-order valence-corrected chi connectivity index (χ3v) is 6.17. The highest BCUT2D eigenvalue weighted by Crippen LogP contribution is 2.60. The Hall–Kier alpha value is -1.08. The van der Waals surface area contributed by atoms with Crippen LogP contribution >= 0.6 is 0 Å². The summed E-state index contributed by atoms with van der Waals surface area (Å²) in [5.41, 5.74) is 0. The molecule has 0 bridgehead atoms. The fourth-order valence-electron chi connectivity index (χ4n) is 2.19. The van der Waals surface area contributed by atoms with Crippen LogP contribution in [-0.4, -0.2) is 93.1 Å². The summed E-state index contributed by atoms with van der Waals surface area (Å²) >= 11 is 0. The van der Waals surface area contributed by atoms with Crippen LogP contribution in [0.2, 0.25) is 0 Å². The fraction of sp³-hybridized carbons (Fsp3) is 1.00. The minimum Gasteiger partial charge on any atom is -0.633 e. The van der Waals surface area contributed by atoms with Gasteiger partial charge in [0.2, 0.25) is 10.0 Å². The summed E-state index contributed by atoms with van der Waals surface area (Å²) in [4.78, 5) is 0. The smallest absolute Gasteiger partial charge is 0.460 e. The van der Waals surface area contributed by atoms with Gasteiger partial charge in [0.15, 0.2) is 0 Å². The molecule has 0 heterocycles. The van der Waals surface area contributed by atoms with Crippen molar-refractivity contribution in [3.05, 3.63) is 5.21 Å². The van der Waals surface area contributed by atoms with E-state index in [1.165, 1.54) is 0 Å². The number of hydroxylamine groups is 3. The molecular weight excluding hydrogens is 523 g/mol. The van der Waals surface area contributed by atoms with Crippen molar-refractivity contribution in [3.8, 4) is 0 Å². The molecule has 0 N–H and O–H groups in total. The molecule has 0 aliphatic heterocycles. The molecule has 0 aliphatic rings. The molecule has 0 rings (SSSR count). The Morgan fingerprint density at radius 1 is 0.758 bits per heavy atom. The Kier molecular flexibility index (Phi) is 8.88. The summed E-state index contributed by atoms with van der Waals surface area (Å²) in [5, 5.41) is 11.3. The molecular formula is C14H19F13N2O3S. The van der Waals surface area contributed by atoms with Gasteiger partial charge in [-0.1, -0.05) is 0 Å². The maximum absolute atomic E-state index is 13.7. The van der Waals surface area contributed by atoms with Gasteiger partial charge in [0.05, 0.1) is 26.4 Å². The topological polar surface area (TPSA) is 60.4 Å². The molecule has 0 aliphatic carbocycles. The quantitative estimate of drug-likeness (QED) is 0.210. The van der Waals surface area contributed by atoms with E-state index >= 15 is 0 Å². The monoisotopic (exact) mass is 542 g/mol. The highest BCUT2D eigenvalue weighted by molar-refractivity contribution is 7.89. The highest BCUT2D eigenvalue weighted by atomic mass is 32.2. The molecule has 0 unspecified atom stereocenters. The van der Waals surface area contributed by atoms with Crippen LogP contribution in [0.1, 0.15) is 12.8 Å². The van der Waals surface area contributed by atoms with Crippen LogP contribution < -0.4 is 0 Å². The van der Waals surface area contributed by atoms with Crippen LogP contribution in [0.3, 0.4) is 0 Å². The second-order valence-corrected chi connectivity index (χ2v) is 9.73. The molecule has 200 valence electrons. The summed E-state index contributed by atoms with van der Waals surface area (Å²) in [6, 6.07) is 0. The van der Waals surface area contributed by atoms with E-state index in [4.69, 9.17) is 0 Å². The maximum Gasteiger partial charge on any atom is 0.460 e. The number of quaternary nitrogens is 1. The van der Waals surface area contributed by atoms with Crippen molar-refractivity contribution in [2.45, 2.75) is 48.6 Å². The number of hydrogen-bond acceptors (Lipinski definition) is 3. The van der Waals surface area contributed by atoms with Crippen LogP contribution in [0.15, 0.2) is 0 Å². The first kappa shape index (κ1) is 31.9. The van der Waals surface area contributed by atoms with E-state index in [0.29, 0.717) is 7.05 Å². The van der Waals surface area contributed by atoms with Crippen molar-refractivity contribution in [3.63, 3.8) is 0 Å². The summed E-state index contributed by atoms with van der Waals surface area (Å²) in [5.74, 6) is -39.9. The lowest BCUT2D eigenvalue weighted by Gasteiger charge is -2.39. The van der Waals surface area contributed by atoms with Gasteiger partial charge in [0, 0.05) is 26.4 Å². The lowest BCUT2D eigenvalue weighted by atomic mass is 9.93. The molecule has 0 aromatic carbocycles. The molecule has 0 amide bonds. The average Bonchev–Trinajstić information content (AvgIpc) is 2.57. The standard InChI is InChI=1S/C14H19F13N2O3S/c1-28(6-4-7-29(2,3)30)33(31,32)8-5-9(15,16)10(17,18)11(19,20)12(21,22)13(23,24)14(25,26)27/h4-8H2,1-3H3. The van der Waals surface area contributed by atoms with E-state index in [0.717, 1.165) is 14.1 Å². The van der Waals surface area contributed by atoms with Crippen molar-refractivity contribution in [1.29, 1.82) is 0 Å². The van der Waals surface area contributed by atoms with Crippen LogP contribution in [0, 0.1) is 5.21 Å². The van der Waals surface area contributed by atoms with Gasteiger partial charge < -0.3 is 9.85 Å². The van der Waals surface area contributed by atoms with Gasteiger partial charge in [-0.15, -0.1) is 0 Å². The number of nitrogens with zero attached hydrogens (tertiary/aromatic N) is 2. The number of sulfonamides is 1. The normalized spacial score (nSPS) is 15.9. The summed E-state index contributed by atoms with van der Waals surface area (Å²) in [7, 11) is -1.95. The minimum absolute atomic E-state index is 0.185. The Bertz CT molecular complexity index is 776. The zero-order valence-electron chi connectivity index (χ0n) is 17.0. The predicted molar refractivity (Wildman–Crippen MR) is 86.8 cm³/mol. The van der Waals surface area contributed by atoms with E-state index in [1.54, 1.807) is 0 Å². The third-order valence-electron chi connectivity index (χ3n) is 4.32. The molecule has 0 spiro atoms. The number of alkyl halides is 13. The Balaban J connectivity index is 5.75. The minimum atomic E-state index is -8.04. The molecule has 0 saturated carbocycles. The van der Waals surface area contributed by atoms with Crippen LogP contribution in [-0.2, 0) is 10.0 Å². The Labute approximate surface area is 179 Å². The molecule has 0 saturated heterocycles. The lowest BCUT2D eigenvalue weighted by molar-refractivity contribution is -0.840. The molecule has 0 radical (unpaired) electrons. The van der Waals surface area contributed by atoms with Crippen molar-refractivity contribution in [2.24, 2.45) is 0 Å². The maximum atomic E-state index is 13.7. The second kappa shape index (κ2) is 9.18. The second-order valence-electron chi connectivity index (χ2n) is 7.54. The first-order chi connectivity index (χ1) is 14.1. The molecule has 0 aromatic rings. The largest absolute Gasteiger partial charge is 0.633 e. The molecule has 0 aromatic heterocycles. The first-order valence-electron chi connectivity index (χ1n) is 8.52. The third kappa shape index (κ3) is 6.33. The van der Waals surface area contributed by atoms with Gasteiger partial charge >= 0.3 is 35.8 Å². The number of halogens is 13. The van der Waals surface area contributed by atoms with Gasteiger partial charge in [-0.3, -0.25) is 0 Å². The Morgan fingerprint density at radius 3 is 1.52 bits per heavy atom. The fourth-order valence-corrected chi connectivity index (χ4v) is 3.42. The molecule has 5 nitrogen and oxygen atoms in total. The van der Waals surface area contributed by atoms with Crippen molar-refractivity contribution < 1.29 is 70.1 Å². The van der Waals surface area contributed by atoms with Crippen molar-refractivity contribution >= 4 is 10.0 Å². The van der Waals surface area contributed by atoms with E-state index in [1.807, 2.05) is 0 Å². The molecule has 0 fully saturated rings. The molecule has 19 heteroatoms. The highest BCUT2D eigenvalue weighted by Gasteiger charge is 2.90. The summed E-state index contributed by atoms with van der Waals surface area (Å²) in [6.07, 6.45) is -10.5. The van der Waals surface area contributed by atoms with Crippen LogP contribution in [0.25, 0.3) is 0 Å².